The van der Waals surface area contributed by atoms with E-state index < -0.39 is 12.0 Å². The number of hydrogen-bond donors (Lipinski definition) is 5. The fourth-order valence-corrected chi connectivity index (χ4v) is 1.31. The van der Waals surface area contributed by atoms with E-state index in [0.29, 0.717) is 11.3 Å². The number of aliphatic carboxylic acids is 1. The molecule has 1 heterocycles. The Hall–Kier alpha value is -2.68. The van der Waals surface area contributed by atoms with Crippen molar-refractivity contribution in [1.29, 1.82) is 0 Å². The van der Waals surface area contributed by atoms with Gasteiger partial charge in [-0.1, -0.05) is 0 Å². The minimum absolute atomic E-state index is 0.0382. The summed E-state index contributed by atoms with van der Waals surface area (Å²) in [5.41, 5.74) is 17.6. The molecule has 0 aliphatic rings. The van der Waals surface area contributed by atoms with Gasteiger partial charge >= 0.3 is 5.97 Å². The Balaban J connectivity index is 2.76. The smallest absolute Gasteiger partial charge is 0.320 e. The molecule has 1 aromatic heterocycles. The number of rotatable bonds is 5. The molecule has 0 radical (unpaired) electrons. The molecule has 8 N–H and O–H groups in total. The summed E-state index contributed by atoms with van der Waals surface area (Å²) in [6.07, 6.45) is 3.20. The van der Waals surface area contributed by atoms with Gasteiger partial charge in [-0.2, -0.15) is 0 Å². The normalized spacial score (nSPS) is 13.9. The number of carboxylic acid groups (broad SMARTS) is 1. The summed E-state index contributed by atoms with van der Waals surface area (Å²) in [4.78, 5) is 14.7. The molecule has 0 aliphatic heterocycles. The first kappa shape index (κ1) is 15.4. The van der Waals surface area contributed by atoms with E-state index in [-0.39, 0.29) is 18.2 Å². The lowest BCUT2D eigenvalue weighted by Gasteiger charge is -2.08. The number of pyridine rings is 1. The Bertz CT molecular complexity index is 537. The maximum absolute atomic E-state index is 10.7. The van der Waals surface area contributed by atoms with Crippen molar-refractivity contribution in [3.05, 3.63) is 24.0 Å². The van der Waals surface area contributed by atoms with Crippen LogP contribution in [0.4, 0.5) is 5.69 Å². The fourth-order valence-electron chi connectivity index (χ4n) is 1.31. The van der Waals surface area contributed by atoms with Crippen molar-refractivity contribution >= 4 is 23.5 Å². The van der Waals surface area contributed by atoms with Gasteiger partial charge in [-0.15, -0.1) is 10.2 Å². The molecule has 0 spiro atoms. The monoisotopic (exact) mass is 279 g/mol. The molecule has 0 aliphatic carbocycles. The minimum Gasteiger partial charge on any atom is -0.480 e. The zero-order valence-electron chi connectivity index (χ0n) is 10.9. The van der Waals surface area contributed by atoms with Gasteiger partial charge in [-0.05, 0) is 25.0 Å². The van der Waals surface area contributed by atoms with E-state index in [2.05, 4.69) is 20.5 Å². The van der Waals surface area contributed by atoms with Gasteiger partial charge in [0, 0.05) is 6.20 Å². The number of carboxylic acids is 1. The third-order valence-corrected chi connectivity index (χ3v) is 2.16. The van der Waals surface area contributed by atoms with Gasteiger partial charge in [0.25, 0.3) is 0 Å². The highest BCUT2D eigenvalue weighted by atomic mass is 16.4. The number of amidine groups is 1. The van der Waals surface area contributed by atoms with E-state index in [0.717, 1.165) is 0 Å². The Kier molecular flexibility index (Phi) is 5.42. The lowest BCUT2D eigenvalue weighted by Crippen LogP contribution is -2.32. The third-order valence-electron chi connectivity index (χ3n) is 2.16. The molecular formula is C11H17N7O2. The van der Waals surface area contributed by atoms with Crippen LogP contribution in [0, 0.1) is 0 Å². The standard InChI is InChI=1S/C11H17N7O2/c1-6(12)17-18-11(14)16-8-2-7(4-15-5-8)3-9(13)10(19)20/h2,4-5,9H,3,13H2,1H3,(H2,12,17)(H,19,20)(H3,14,16,18). The number of guanidine groups is 1. The van der Waals surface area contributed by atoms with Crippen LogP contribution in [0.15, 0.2) is 28.7 Å². The van der Waals surface area contributed by atoms with Crippen LogP contribution in [0.25, 0.3) is 0 Å². The maximum Gasteiger partial charge on any atom is 0.320 e. The van der Waals surface area contributed by atoms with Gasteiger partial charge in [0.2, 0.25) is 5.96 Å². The zero-order chi connectivity index (χ0) is 15.1. The largest absolute Gasteiger partial charge is 0.480 e. The first-order chi connectivity index (χ1) is 9.38. The molecule has 1 atom stereocenters. The van der Waals surface area contributed by atoms with Crippen LogP contribution >= 0.6 is 0 Å². The van der Waals surface area contributed by atoms with Crippen molar-refractivity contribution in [3.63, 3.8) is 0 Å². The predicted octanol–water partition coefficient (Wildman–Crippen LogP) is -0.945. The summed E-state index contributed by atoms with van der Waals surface area (Å²) < 4.78 is 0. The van der Waals surface area contributed by atoms with Crippen molar-refractivity contribution in [2.75, 3.05) is 5.32 Å². The molecule has 9 heteroatoms. The Morgan fingerprint density at radius 2 is 2.15 bits per heavy atom. The molecule has 1 aromatic rings. The summed E-state index contributed by atoms with van der Waals surface area (Å²) in [5.74, 6) is -0.762. The van der Waals surface area contributed by atoms with Crippen molar-refractivity contribution in [2.24, 2.45) is 27.4 Å². The highest BCUT2D eigenvalue weighted by molar-refractivity contribution is 5.92. The van der Waals surface area contributed by atoms with Crippen LogP contribution in [0.3, 0.4) is 0 Å². The Labute approximate surface area is 115 Å². The van der Waals surface area contributed by atoms with E-state index in [1.807, 2.05) is 0 Å². The van der Waals surface area contributed by atoms with Crippen molar-refractivity contribution in [2.45, 2.75) is 19.4 Å². The molecular weight excluding hydrogens is 262 g/mol. The number of nitrogens with two attached hydrogens (primary N) is 3. The first-order valence-corrected chi connectivity index (χ1v) is 5.71. The van der Waals surface area contributed by atoms with E-state index in [1.165, 1.54) is 12.4 Å². The summed E-state index contributed by atoms with van der Waals surface area (Å²) in [7, 11) is 0. The lowest BCUT2D eigenvalue weighted by atomic mass is 10.1. The highest BCUT2D eigenvalue weighted by Gasteiger charge is 2.12. The molecule has 0 amide bonds. The average molecular weight is 279 g/mol. The molecule has 20 heavy (non-hydrogen) atoms. The van der Waals surface area contributed by atoms with Gasteiger partial charge in [-0.3, -0.25) is 9.78 Å². The van der Waals surface area contributed by atoms with Crippen LogP contribution in [0.2, 0.25) is 0 Å². The summed E-state index contributed by atoms with van der Waals surface area (Å²) in [5, 5.41) is 18.7. The Morgan fingerprint density at radius 1 is 1.45 bits per heavy atom. The van der Waals surface area contributed by atoms with Crippen LogP contribution in [0.5, 0.6) is 0 Å². The molecule has 108 valence electrons. The van der Waals surface area contributed by atoms with Crippen LogP contribution in [-0.2, 0) is 11.2 Å². The minimum atomic E-state index is -1.07. The summed E-state index contributed by atoms with van der Waals surface area (Å²) >= 11 is 0. The van der Waals surface area contributed by atoms with Gasteiger partial charge in [0.15, 0.2) is 0 Å². The maximum atomic E-state index is 10.7. The molecule has 0 aromatic carbocycles. The predicted molar refractivity (Wildman–Crippen MR) is 76.1 cm³/mol. The highest BCUT2D eigenvalue weighted by Crippen LogP contribution is 2.09. The molecule has 0 fully saturated rings. The number of nitrogens with one attached hydrogen (secondary N) is 1. The summed E-state index contributed by atoms with van der Waals surface area (Å²) in [6.45, 7) is 1.58. The average Bonchev–Trinajstić information content (AvgIpc) is 2.36. The molecule has 1 rings (SSSR count). The first-order valence-electron chi connectivity index (χ1n) is 5.71. The van der Waals surface area contributed by atoms with Crippen molar-refractivity contribution < 1.29 is 9.90 Å². The van der Waals surface area contributed by atoms with Crippen LogP contribution in [-0.4, -0.2) is 33.9 Å². The zero-order valence-corrected chi connectivity index (χ0v) is 10.9. The molecule has 9 nitrogen and oxygen atoms in total. The van der Waals surface area contributed by atoms with Gasteiger partial charge < -0.3 is 27.6 Å². The SMILES string of the molecule is C/C(N)=N/N=C(\N)Nc1cncc(CC(N)C(=O)O)c1. The number of hydrogen-bond acceptors (Lipinski definition) is 5. The molecule has 0 bridgehead atoms. The van der Waals surface area contributed by atoms with Gasteiger partial charge in [0.05, 0.1) is 11.9 Å². The number of aromatic nitrogens is 1. The van der Waals surface area contributed by atoms with Crippen LogP contribution in [0.1, 0.15) is 12.5 Å². The number of carbonyl (C=O) groups is 1. The van der Waals surface area contributed by atoms with E-state index in [9.17, 15) is 4.79 Å². The second-order valence-corrected chi connectivity index (χ2v) is 4.08. The van der Waals surface area contributed by atoms with E-state index in [4.69, 9.17) is 22.3 Å². The lowest BCUT2D eigenvalue weighted by molar-refractivity contribution is -0.138. The second-order valence-electron chi connectivity index (χ2n) is 4.08. The topological polar surface area (TPSA) is 165 Å². The second kappa shape index (κ2) is 7.04. The molecule has 1 unspecified atom stereocenters. The van der Waals surface area contributed by atoms with E-state index in [1.54, 1.807) is 13.0 Å². The Morgan fingerprint density at radius 3 is 2.75 bits per heavy atom. The molecule has 0 saturated heterocycles. The van der Waals surface area contributed by atoms with Crippen LogP contribution < -0.4 is 22.5 Å². The van der Waals surface area contributed by atoms with Crippen molar-refractivity contribution in [3.8, 4) is 0 Å². The third kappa shape index (κ3) is 5.31. The number of anilines is 1. The van der Waals surface area contributed by atoms with Gasteiger partial charge in [0.1, 0.15) is 11.9 Å². The van der Waals surface area contributed by atoms with E-state index >= 15 is 0 Å². The molecule has 0 saturated carbocycles. The summed E-state index contributed by atoms with van der Waals surface area (Å²) in [6, 6.07) is 0.694. The quantitative estimate of drug-likeness (QED) is 0.263. The fraction of sp³-hybridized carbons (Fsp3) is 0.273. The van der Waals surface area contributed by atoms with Gasteiger partial charge in [-0.25, -0.2) is 0 Å². The van der Waals surface area contributed by atoms with Crippen molar-refractivity contribution in [1.82, 2.24) is 4.98 Å². The number of nitrogens with zero attached hydrogens (tertiary/aromatic N) is 3.